The molecule has 1 amide bonds. The van der Waals surface area contributed by atoms with Gasteiger partial charge in [-0.05, 0) is 66.5 Å². The van der Waals surface area contributed by atoms with Gasteiger partial charge in [-0.3, -0.25) is 14.7 Å². The molecule has 1 aromatic heterocycles. The number of likely N-dealkylation sites (tertiary alicyclic amines) is 1. The van der Waals surface area contributed by atoms with Crippen molar-refractivity contribution in [3.8, 4) is 0 Å². The molecule has 2 heterocycles. The molecule has 28 heavy (non-hydrogen) atoms. The lowest BCUT2D eigenvalue weighted by molar-refractivity contribution is -0.121. The van der Waals surface area contributed by atoms with Crippen LogP contribution >= 0.6 is 0 Å². The molecule has 1 saturated heterocycles. The van der Waals surface area contributed by atoms with Gasteiger partial charge in [0.2, 0.25) is 11.8 Å². The second kappa shape index (κ2) is 9.91. The van der Waals surface area contributed by atoms with Crippen LogP contribution in [0.25, 0.3) is 0 Å². The summed E-state index contributed by atoms with van der Waals surface area (Å²) in [7, 11) is 1.72. The number of rotatable bonds is 6. The molecule has 1 aliphatic heterocycles. The van der Waals surface area contributed by atoms with E-state index in [-0.39, 0.29) is 18.0 Å². The minimum Gasteiger partial charge on any atom is -0.444 e. The number of aliphatic imine (C=N–C) groups is 1. The number of nitrogens with zero attached hydrogens (tertiary/aromatic N) is 3. The van der Waals surface area contributed by atoms with Crippen molar-refractivity contribution in [2.75, 3.05) is 33.2 Å². The molecule has 8 nitrogen and oxygen atoms in total. The number of piperidine rings is 1. The number of amides is 1. The Bertz CT molecular complexity index is 649. The maximum atomic E-state index is 11.9. The number of oxazole rings is 1. The molecule has 0 aromatic carbocycles. The average molecular weight is 393 g/mol. The Morgan fingerprint density at radius 2 is 1.93 bits per heavy atom. The molecular weight excluding hydrogens is 356 g/mol. The third-order valence-corrected chi connectivity index (χ3v) is 4.85. The van der Waals surface area contributed by atoms with Gasteiger partial charge in [-0.2, -0.15) is 0 Å². The molecule has 0 saturated carbocycles. The van der Waals surface area contributed by atoms with Crippen molar-refractivity contribution < 1.29 is 9.21 Å². The summed E-state index contributed by atoms with van der Waals surface area (Å²) in [5.41, 5.74) is 0.746. The van der Waals surface area contributed by atoms with Crippen LogP contribution in [0, 0.1) is 19.8 Å². The van der Waals surface area contributed by atoms with Crippen LogP contribution in [0.1, 0.15) is 51.0 Å². The summed E-state index contributed by atoms with van der Waals surface area (Å²) in [5.74, 6) is 2.93. The first-order valence-corrected chi connectivity index (χ1v) is 10.1. The number of carbonyl (C=O) groups is 1. The fourth-order valence-corrected chi connectivity index (χ4v) is 3.23. The normalized spacial score (nSPS) is 16.9. The van der Waals surface area contributed by atoms with Gasteiger partial charge in [0.1, 0.15) is 5.76 Å². The predicted octanol–water partition coefficient (Wildman–Crippen LogP) is 1.58. The second-order valence-electron chi connectivity index (χ2n) is 8.57. The molecule has 0 atom stereocenters. The van der Waals surface area contributed by atoms with Gasteiger partial charge in [-0.1, -0.05) is 0 Å². The van der Waals surface area contributed by atoms with Crippen molar-refractivity contribution in [2.24, 2.45) is 10.9 Å². The molecule has 3 N–H and O–H groups in total. The van der Waals surface area contributed by atoms with Gasteiger partial charge < -0.3 is 20.4 Å². The van der Waals surface area contributed by atoms with Gasteiger partial charge in [-0.15, -0.1) is 0 Å². The summed E-state index contributed by atoms with van der Waals surface area (Å²) < 4.78 is 5.69. The number of hydrogen-bond acceptors (Lipinski definition) is 5. The number of guanidine groups is 1. The number of aryl methyl sites for hydroxylation is 2. The van der Waals surface area contributed by atoms with E-state index in [4.69, 9.17) is 4.42 Å². The van der Waals surface area contributed by atoms with E-state index < -0.39 is 0 Å². The standard InChI is InChI=1S/C20H36N6O2/c1-14-15(2)28-18(24-14)13-26-9-7-16(8-10-26)11-22-19(21-6)23-12-17(27)25-20(3,4)5/h16H,7-13H2,1-6H3,(H,25,27)(H2,21,22,23). The van der Waals surface area contributed by atoms with Gasteiger partial charge in [0, 0.05) is 19.1 Å². The van der Waals surface area contributed by atoms with Crippen molar-refractivity contribution in [2.45, 2.75) is 59.5 Å². The summed E-state index contributed by atoms with van der Waals surface area (Å²) in [6, 6.07) is 0. The van der Waals surface area contributed by atoms with E-state index in [1.807, 2.05) is 34.6 Å². The molecule has 1 fully saturated rings. The molecule has 1 aliphatic rings. The van der Waals surface area contributed by atoms with Crippen molar-refractivity contribution in [1.29, 1.82) is 0 Å². The van der Waals surface area contributed by atoms with Crippen molar-refractivity contribution >= 4 is 11.9 Å². The Balaban J connectivity index is 1.67. The topological polar surface area (TPSA) is 94.8 Å². The average Bonchev–Trinajstić information content (AvgIpc) is 2.92. The Morgan fingerprint density at radius 1 is 1.25 bits per heavy atom. The zero-order valence-corrected chi connectivity index (χ0v) is 18.2. The van der Waals surface area contributed by atoms with Crippen molar-refractivity contribution in [3.05, 3.63) is 17.3 Å². The molecule has 8 heteroatoms. The molecule has 0 radical (unpaired) electrons. The number of carbonyl (C=O) groups excluding carboxylic acids is 1. The monoisotopic (exact) mass is 392 g/mol. The molecule has 0 aliphatic carbocycles. The van der Waals surface area contributed by atoms with Crippen molar-refractivity contribution in [3.63, 3.8) is 0 Å². The minimum absolute atomic E-state index is 0.0410. The van der Waals surface area contributed by atoms with Crippen LogP contribution < -0.4 is 16.0 Å². The predicted molar refractivity (Wildman–Crippen MR) is 111 cm³/mol. The van der Waals surface area contributed by atoms with Gasteiger partial charge in [0.25, 0.3) is 0 Å². The Kier molecular flexibility index (Phi) is 7.86. The lowest BCUT2D eigenvalue weighted by atomic mass is 9.97. The number of hydrogen-bond donors (Lipinski definition) is 3. The van der Waals surface area contributed by atoms with E-state index in [0.29, 0.717) is 11.9 Å². The maximum Gasteiger partial charge on any atom is 0.239 e. The maximum absolute atomic E-state index is 11.9. The fraction of sp³-hybridized carbons (Fsp3) is 0.750. The molecular formula is C20H36N6O2. The van der Waals surface area contributed by atoms with Crippen LogP contribution in [0.15, 0.2) is 9.41 Å². The summed E-state index contributed by atoms with van der Waals surface area (Å²) in [6.07, 6.45) is 2.24. The van der Waals surface area contributed by atoms with Gasteiger partial charge in [-0.25, -0.2) is 4.98 Å². The highest BCUT2D eigenvalue weighted by atomic mass is 16.4. The summed E-state index contributed by atoms with van der Waals surface area (Å²) in [4.78, 5) is 23.0. The Morgan fingerprint density at radius 3 is 2.46 bits per heavy atom. The van der Waals surface area contributed by atoms with Gasteiger partial charge in [0.15, 0.2) is 5.96 Å². The van der Waals surface area contributed by atoms with Crippen LogP contribution in [-0.4, -0.2) is 60.5 Å². The fourth-order valence-electron chi connectivity index (χ4n) is 3.23. The lowest BCUT2D eigenvalue weighted by Crippen LogP contribution is -2.49. The quantitative estimate of drug-likeness (QED) is 0.503. The highest BCUT2D eigenvalue weighted by Crippen LogP contribution is 2.19. The van der Waals surface area contributed by atoms with E-state index in [0.717, 1.165) is 56.4 Å². The molecule has 0 bridgehead atoms. The first kappa shape index (κ1) is 22.2. The van der Waals surface area contributed by atoms with E-state index >= 15 is 0 Å². The molecule has 2 rings (SSSR count). The lowest BCUT2D eigenvalue weighted by Gasteiger charge is -2.31. The smallest absolute Gasteiger partial charge is 0.239 e. The Hall–Kier alpha value is -2.09. The summed E-state index contributed by atoms with van der Waals surface area (Å²) in [6.45, 7) is 13.7. The van der Waals surface area contributed by atoms with Crippen LogP contribution in [0.4, 0.5) is 0 Å². The van der Waals surface area contributed by atoms with Gasteiger partial charge >= 0.3 is 0 Å². The van der Waals surface area contributed by atoms with E-state index in [1.54, 1.807) is 7.05 Å². The molecule has 1 aromatic rings. The molecule has 0 unspecified atom stereocenters. The molecule has 158 valence electrons. The SMILES string of the molecule is CN=C(NCC(=O)NC(C)(C)C)NCC1CCN(Cc2nc(C)c(C)o2)CC1. The largest absolute Gasteiger partial charge is 0.444 e. The summed E-state index contributed by atoms with van der Waals surface area (Å²) >= 11 is 0. The van der Waals surface area contributed by atoms with Crippen molar-refractivity contribution in [1.82, 2.24) is 25.8 Å². The number of nitrogens with one attached hydrogen (secondary N) is 3. The second-order valence-corrected chi connectivity index (χ2v) is 8.57. The first-order chi connectivity index (χ1) is 13.2. The zero-order chi connectivity index (χ0) is 20.7. The Labute approximate surface area is 168 Å². The third-order valence-electron chi connectivity index (χ3n) is 4.85. The molecule has 0 spiro atoms. The van der Waals surface area contributed by atoms with Gasteiger partial charge in [0.05, 0.1) is 18.8 Å². The zero-order valence-electron chi connectivity index (χ0n) is 18.2. The minimum atomic E-state index is -0.230. The van der Waals surface area contributed by atoms with E-state index in [2.05, 4.69) is 30.8 Å². The van der Waals surface area contributed by atoms with Crippen LogP contribution in [-0.2, 0) is 11.3 Å². The highest BCUT2D eigenvalue weighted by molar-refractivity contribution is 5.86. The highest BCUT2D eigenvalue weighted by Gasteiger charge is 2.21. The summed E-state index contributed by atoms with van der Waals surface area (Å²) in [5, 5.41) is 9.35. The van der Waals surface area contributed by atoms with Crippen LogP contribution in [0.2, 0.25) is 0 Å². The van der Waals surface area contributed by atoms with Crippen LogP contribution in [0.3, 0.4) is 0 Å². The van der Waals surface area contributed by atoms with Crippen LogP contribution in [0.5, 0.6) is 0 Å². The number of aromatic nitrogens is 1. The third kappa shape index (κ3) is 7.50. The van der Waals surface area contributed by atoms with E-state index in [1.165, 1.54) is 0 Å². The van der Waals surface area contributed by atoms with E-state index in [9.17, 15) is 4.79 Å². The first-order valence-electron chi connectivity index (χ1n) is 10.1.